The van der Waals surface area contributed by atoms with Crippen molar-refractivity contribution >= 4 is 21.8 Å². The van der Waals surface area contributed by atoms with Gasteiger partial charge >= 0.3 is 0 Å². The molecule has 3 N–H and O–H groups in total. The monoisotopic (exact) mass is 287 g/mol. The average molecular weight is 288 g/mol. The molecule has 2 atom stereocenters. The van der Waals surface area contributed by atoms with E-state index in [0.29, 0.717) is 0 Å². The van der Waals surface area contributed by atoms with Gasteiger partial charge in [0.15, 0.2) is 0 Å². The number of carbonyl (C=O) groups is 1. The van der Waals surface area contributed by atoms with Gasteiger partial charge in [0.2, 0.25) is 0 Å². The number of halogens is 1. The first-order valence-corrected chi connectivity index (χ1v) is 5.79. The lowest BCUT2D eigenvalue weighted by molar-refractivity contribution is -0.202. The van der Waals surface area contributed by atoms with Gasteiger partial charge in [-0.1, -0.05) is 46.3 Å². The van der Waals surface area contributed by atoms with Crippen molar-refractivity contribution < 1.29 is 14.6 Å². The number of hydrogen-bond donors (Lipinski definition) is 2. The highest BCUT2D eigenvalue weighted by Crippen LogP contribution is 2.34. The first-order chi connectivity index (χ1) is 7.52. The number of amides is 1. The van der Waals surface area contributed by atoms with Crippen LogP contribution in [0, 0.1) is 0 Å². The lowest BCUT2D eigenvalue weighted by Gasteiger charge is -2.29. The van der Waals surface area contributed by atoms with Crippen molar-refractivity contribution in [2.75, 3.05) is 6.61 Å². The van der Waals surface area contributed by atoms with Crippen molar-refractivity contribution in [3.05, 3.63) is 35.9 Å². The summed E-state index contributed by atoms with van der Waals surface area (Å²) in [7, 11) is 0. The molecule has 0 fully saturated rings. The number of nitrogens with two attached hydrogens (primary N) is 1. The second-order valence-electron chi connectivity index (χ2n) is 3.27. The van der Waals surface area contributed by atoms with Crippen LogP contribution in [0.3, 0.4) is 0 Å². The van der Waals surface area contributed by atoms with E-state index in [0.717, 1.165) is 5.56 Å². The Bertz CT molecular complexity index is 358. The molecule has 0 aliphatic rings. The van der Waals surface area contributed by atoms with Crippen LogP contribution in [-0.4, -0.2) is 23.4 Å². The van der Waals surface area contributed by atoms with E-state index in [1.165, 1.54) is 0 Å². The summed E-state index contributed by atoms with van der Waals surface area (Å²) < 4.78 is 5.04. The van der Waals surface area contributed by atoms with Gasteiger partial charge in [0.1, 0.15) is 4.83 Å². The molecule has 0 saturated carbocycles. The highest BCUT2D eigenvalue weighted by atomic mass is 79.9. The van der Waals surface area contributed by atoms with Gasteiger partial charge in [0.05, 0.1) is 0 Å². The summed E-state index contributed by atoms with van der Waals surface area (Å²) in [5.41, 5.74) is 5.87. The largest absolute Gasteiger partial charge is 0.365 e. The molecule has 0 aromatic heterocycles. The summed E-state index contributed by atoms with van der Waals surface area (Å²) in [6, 6.07) is 8.99. The molecule has 1 aromatic carbocycles. The number of benzene rings is 1. The number of primary amides is 1. The molecule has 0 bridgehead atoms. The first-order valence-electron chi connectivity index (χ1n) is 4.87. The molecule has 0 aliphatic carbocycles. The van der Waals surface area contributed by atoms with Gasteiger partial charge in [-0.2, -0.15) is 0 Å². The van der Waals surface area contributed by atoms with Crippen LogP contribution in [-0.2, 0) is 9.53 Å². The zero-order valence-corrected chi connectivity index (χ0v) is 10.5. The number of ether oxygens (including phenoxy) is 1. The van der Waals surface area contributed by atoms with Crippen molar-refractivity contribution in [1.29, 1.82) is 0 Å². The minimum absolute atomic E-state index is 0.189. The van der Waals surface area contributed by atoms with Crippen LogP contribution < -0.4 is 5.73 Å². The predicted molar refractivity (Wildman–Crippen MR) is 63.9 cm³/mol. The van der Waals surface area contributed by atoms with E-state index in [-0.39, 0.29) is 6.61 Å². The molecule has 0 radical (unpaired) electrons. The van der Waals surface area contributed by atoms with Gasteiger partial charge in [0.25, 0.3) is 11.7 Å². The number of alkyl halides is 1. The zero-order chi connectivity index (χ0) is 12.2. The van der Waals surface area contributed by atoms with Crippen molar-refractivity contribution in [2.45, 2.75) is 17.5 Å². The number of hydrogen-bond acceptors (Lipinski definition) is 3. The van der Waals surface area contributed by atoms with E-state index in [9.17, 15) is 9.90 Å². The molecule has 1 rings (SSSR count). The fraction of sp³-hybridized carbons (Fsp3) is 0.364. The average Bonchev–Trinajstić information content (AvgIpc) is 2.29. The molecule has 2 unspecified atom stereocenters. The molecule has 0 heterocycles. The van der Waals surface area contributed by atoms with Gasteiger partial charge in [-0.15, -0.1) is 0 Å². The van der Waals surface area contributed by atoms with Gasteiger partial charge in [0, 0.05) is 6.61 Å². The highest BCUT2D eigenvalue weighted by Gasteiger charge is 2.43. The highest BCUT2D eigenvalue weighted by molar-refractivity contribution is 9.09. The maximum Gasteiger partial charge on any atom is 0.279 e. The lowest BCUT2D eigenvalue weighted by atomic mass is 10.0. The summed E-state index contributed by atoms with van der Waals surface area (Å²) in [6.07, 6.45) is 0. The Morgan fingerprint density at radius 3 is 2.56 bits per heavy atom. The minimum atomic E-state index is -2.03. The molecule has 5 heteroatoms. The van der Waals surface area contributed by atoms with Crippen molar-refractivity contribution in [3.63, 3.8) is 0 Å². The quantitative estimate of drug-likeness (QED) is 0.634. The van der Waals surface area contributed by atoms with Crippen LogP contribution in [0.2, 0.25) is 0 Å². The van der Waals surface area contributed by atoms with Crippen LogP contribution in [0.1, 0.15) is 17.3 Å². The number of rotatable bonds is 5. The molecule has 88 valence electrons. The van der Waals surface area contributed by atoms with E-state index >= 15 is 0 Å². The third kappa shape index (κ3) is 2.61. The molecule has 1 amide bonds. The molecule has 0 aliphatic heterocycles. The normalized spacial score (nSPS) is 16.4. The standard InChI is InChI=1S/C11H14BrNO3/c1-2-16-11(15,10(13)14)9(12)8-6-4-3-5-7-8/h3-7,9,15H,2H2,1H3,(H2,13,14). The Balaban J connectivity index is 3.00. The van der Waals surface area contributed by atoms with Crippen molar-refractivity contribution in [1.82, 2.24) is 0 Å². The summed E-state index contributed by atoms with van der Waals surface area (Å²) in [6.45, 7) is 1.87. The van der Waals surface area contributed by atoms with Crippen LogP contribution in [0.15, 0.2) is 30.3 Å². The van der Waals surface area contributed by atoms with Crippen LogP contribution in [0.5, 0.6) is 0 Å². The van der Waals surface area contributed by atoms with Gasteiger partial charge < -0.3 is 15.6 Å². The van der Waals surface area contributed by atoms with Crippen molar-refractivity contribution in [3.8, 4) is 0 Å². The SMILES string of the molecule is CCOC(O)(C(N)=O)C(Br)c1ccccc1. The van der Waals surface area contributed by atoms with Crippen LogP contribution >= 0.6 is 15.9 Å². The van der Waals surface area contributed by atoms with E-state index in [1.807, 2.05) is 6.07 Å². The Labute approximate surface area is 103 Å². The maximum absolute atomic E-state index is 11.2. The Morgan fingerprint density at radius 2 is 2.12 bits per heavy atom. The van der Waals surface area contributed by atoms with Gasteiger partial charge in [-0.25, -0.2) is 0 Å². The third-order valence-corrected chi connectivity index (χ3v) is 3.30. The molecule has 4 nitrogen and oxygen atoms in total. The van der Waals surface area contributed by atoms with Gasteiger partial charge in [-0.3, -0.25) is 4.79 Å². The number of carbonyl (C=O) groups excluding carboxylic acids is 1. The summed E-state index contributed by atoms with van der Waals surface area (Å²) >= 11 is 3.23. The zero-order valence-electron chi connectivity index (χ0n) is 8.89. The Morgan fingerprint density at radius 1 is 1.56 bits per heavy atom. The molecule has 16 heavy (non-hydrogen) atoms. The van der Waals surface area contributed by atoms with Crippen LogP contribution in [0.25, 0.3) is 0 Å². The molecule has 0 spiro atoms. The lowest BCUT2D eigenvalue weighted by Crippen LogP contribution is -2.49. The van der Waals surface area contributed by atoms with E-state index in [2.05, 4.69) is 15.9 Å². The van der Waals surface area contributed by atoms with E-state index in [4.69, 9.17) is 10.5 Å². The Kier molecular flexibility index (Phi) is 4.46. The second kappa shape index (κ2) is 5.43. The molecule has 1 aromatic rings. The summed E-state index contributed by atoms with van der Waals surface area (Å²) in [5, 5.41) is 10.1. The fourth-order valence-electron chi connectivity index (χ4n) is 1.34. The molecular formula is C11H14BrNO3. The van der Waals surface area contributed by atoms with Gasteiger partial charge in [-0.05, 0) is 12.5 Å². The first kappa shape index (κ1) is 13.2. The minimum Gasteiger partial charge on any atom is -0.365 e. The summed E-state index contributed by atoms with van der Waals surface area (Å²) in [4.78, 5) is 10.5. The molecule has 0 saturated heterocycles. The Hall–Kier alpha value is -0.910. The smallest absolute Gasteiger partial charge is 0.279 e. The molecular weight excluding hydrogens is 274 g/mol. The summed E-state index contributed by atoms with van der Waals surface area (Å²) in [5.74, 6) is -2.95. The number of aliphatic hydroxyl groups is 1. The third-order valence-electron chi connectivity index (χ3n) is 2.15. The predicted octanol–water partition coefficient (Wildman–Crippen LogP) is 1.33. The van der Waals surface area contributed by atoms with E-state index < -0.39 is 16.5 Å². The topological polar surface area (TPSA) is 72.6 Å². The fourth-order valence-corrected chi connectivity index (χ4v) is 2.00. The van der Waals surface area contributed by atoms with E-state index in [1.54, 1.807) is 31.2 Å². The van der Waals surface area contributed by atoms with Crippen LogP contribution in [0.4, 0.5) is 0 Å². The van der Waals surface area contributed by atoms with Crippen molar-refractivity contribution in [2.24, 2.45) is 5.73 Å². The second-order valence-corrected chi connectivity index (χ2v) is 4.18. The maximum atomic E-state index is 11.2.